The standard InChI is InChI=1S/C13H21N3O3S/c1-20(18,19)12-5-3-7-15-13(12)16(8-9-17)10-11-4-2-6-14-11/h3,5,7,11,14,17H,2,4,6,8-10H2,1H3. The molecule has 0 amide bonds. The highest BCUT2D eigenvalue weighted by Crippen LogP contribution is 2.23. The number of nitrogens with zero attached hydrogens (tertiary/aromatic N) is 2. The first-order valence-electron chi connectivity index (χ1n) is 6.76. The van der Waals surface area contributed by atoms with E-state index in [1.54, 1.807) is 18.3 Å². The van der Waals surface area contributed by atoms with Crippen molar-refractivity contribution in [2.45, 2.75) is 23.8 Å². The van der Waals surface area contributed by atoms with E-state index in [9.17, 15) is 13.5 Å². The third kappa shape index (κ3) is 3.68. The molecule has 2 heterocycles. The average Bonchev–Trinajstić information content (AvgIpc) is 2.90. The molecule has 0 radical (unpaired) electrons. The molecule has 0 aliphatic carbocycles. The minimum absolute atomic E-state index is 0.0352. The molecule has 1 saturated heterocycles. The summed E-state index contributed by atoms with van der Waals surface area (Å²) < 4.78 is 23.7. The Labute approximate surface area is 119 Å². The van der Waals surface area contributed by atoms with Gasteiger partial charge in [0.05, 0.1) is 6.61 Å². The molecule has 0 spiro atoms. The first kappa shape index (κ1) is 15.2. The predicted molar refractivity (Wildman–Crippen MR) is 77.7 cm³/mol. The highest BCUT2D eigenvalue weighted by molar-refractivity contribution is 7.90. The van der Waals surface area contributed by atoms with Crippen molar-refractivity contribution in [3.05, 3.63) is 18.3 Å². The maximum atomic E-state index is 11.9. The van der Waals surface area contributed by atoms with Crippen LogP contribution in [0.4, 0.5) is 5.82 Å². The second-order valence-corrected chi connectivity index (χ2v) is 7.04. The van der Waals surface area contributed by atoms with E-state index in [4.69, 9.17) is 0 Å². The number of nitrogens with one attached hydrogen (secondary N) is 1. The third-order valence-electron chi connectivity index (χ3n) is 3.42. The van der Waals surface area contributed by atoms with Gasteiger partial charge in [0.1, 0.15) is 10.7 Å². The summed E-state index contributed by atoms with van der Waals surface area (Å²) in [7, 11) is -3.34. The fourth-order valence-corrected chi connectivity index (χ4v) is 3.33. The Morgan fingerprint density at radius 3 is 2.95 bits per heavy atom. The van der Waals surface area contributed by atoms with Gasteiger partial charge in [-0.2, -0.15) is 0 Å². The van der Waals surface area contributed by atoms with Crippen molar-refractivity contribution in [1.82, 2.24) is 10.3 Å². The van der Waals surface area contributed by atoms with Gasteiger partial charge in [-0.15, -0.1) is 0 Å². The molecule has 0 saturated carbocycles. The van der Waals surface area contributed by atoms with Gasteiger partial charge in [-0.1, -0.05) is 0 Å². The lowest BCUT2D eigenvalue weighted by atomic mass is 10.2. The van der Waals surface area contributed by atoms with Crippen LogP contribution in [0.15, 0.2) is 23.2 Å². The number of aromatic nitrogens is 1. The molecule has 1 aliphatic heterocycles. The third-order valence-corrected chi connectivity index (χ3v) is 4.54. The van der Waals surface area contributed by atoms with Gasteiger partial charge in [0.15, 0.2) is 9.84 Å². The van der Waals surface area contributed by atoms with Crippen molar-refractivity contribution in [2.75, 3.05) is 37.4 Å². The van der Waals surface area contributed by atoms with Crippen molar-refractivity contribution >= 4 is 15.7 Å². The van der Waals surface area contributed by atoms with Crippen molar-refractivity contribution in [3.63, 3.8) is 0 Å². The van der Waals surface area contributed by atoms with Crippen LogP contribution in [0.1, 0.15) is 12.8 Å². The second-order valence-electron chi connectivity index (χ2n) is 5.06. The van der Waals surface area contributed by atoms with E-state index in [1.165, 1.54) is 6.26 Å². The fourth-order valence-electron chi connectivity index (χ4n) is 2.49. The minimum atomic E-state index is -3.34. The Hall–Kier alpha value is -1.18. The molecule has 0 aromatic carbocycles. The van der Waals surface area contributed by atoms with Crippen molar-refractivity contribution < 1.29 is 13.5 Å². The lowest BCUT2D eigenvalue weighted by Gasteiger charge is -2.27. The Balaban J connectivity index is 2.28. The Bertz CT molecular complexity index is 542. The Morgan fingerprint density at radius 2 is 2.35 bits per heavy atom. The highest BCUT2D eigenvalue weighted by Gasteiger charge is 2.23. The van der Waals surface area contributed by atoms with E-state index in [-0.39, 0.29) is 11.5 Å². The minimum Gasteiger partial charge on any atom is -0.395 e. The summed E-state index contributed by atoms with van der Waals surface area (Å²) in [4.78, 5) is 6.27. The van der Waals surface area contributed by atoms with E-state index in [0.29, 0.717) is 24.9 Å². The maximum Gasteiger partial charge on any atom is 0.179 e. The number of hydrogen-bond acceptors (Lipinski definition) is 6. The number of pyridine rings is 1. The lowest BCUT2D eigenvalue weighted by molar-refractivity contribution is 0.299. The van der Waals surface area contributed by atoms with E-state index in [2.05, 4.69) is 10.3 Å². The van der Waals surface area contributed by atoms with Crippen molar-refractivity contribution in [2.24, 2.45) is 0 Å². The smallest absolute Gasteiger partial charge is 0.179 e. The van der Waals surface area contributed by atoms with Gasteiger partial charge in [0, 0.05) is 31.6 Å². The second kappa shape index (κ2) is 6.51. The highest BCUT2D eigenvalue weighted by atomic mass is 32.2. The van der Waals surface area contributed by atoms with Crippen LogP contribution in [0.3, 0.4) is 0 Å². The maximum absolute atomic E-state index is 11.9. The van der Waals surface area contributed by atoms with Crippen LogP contribution in [0.2, 0.25) is 0 Å². The molecule has 1 fully saturated rings. The van der Waals surface area contributed by atoms with Crippen LogP contribution in [-0.2, 0) is 9.84 Å². The quantitative estimate of drug-likeness (QED) is 0.771. The van der Waals surface area contributed by atoms with Crippen LogP contribution < -0.4 is 10.2 Å². The monoisotopic (exact) mass is 299 g/mol. The Kier molecular flexibility index (Phi) is 4.95. The summed E-state index contributed by atoms with van der Waals surface area (Å²) in [6, 6.07) is 3.49. The molecule has 0 bridgehead atoms. The van der Waals surface area contributed by atoms with Crippen LogP contribution in [-0.4, -0.2) is 57.0 Å². The molecule has 1 aliphatic rings. The Morgan fingerprint density at radius 1 is 1.55 bits per heavy atom. The number of hydrogen-bond donors (Lipinski definition) is 2. The number of aliphatic hydroxyl groups is 1. The topological polar surface area (TPSA) is 82.5 Å². The predicted octanol–water partition coefficient (Wildman–Crippen LogP) is 0.0358. The summed E-state index contributed by atoms with van der Waals surface area (Å²) in [5, 5.41) is 12.6. The van der Waals surface area contributed by atoms with Crippen LogP contribution in [0.25, 0.3) is 0 Å². The van der Waals surface area contributed by atoms with Gasteiger partial charge < -0.3 is 15.3 Å². The van der Waals surface area contributed by atoms with Gasteiger partial charge in [-0.05, 0) is 31.5 Å². The fraction of sp³-hybridized carbons (Fsp3) is 0.615. The largest absolute Gasteiger partial charge is 0.395 e. The molecule has 1 atom stereocenters. The van der Waals surface area contributed by atoms with Crippen LogP contribution >= 0.6 is 0 Å². The summed E-state index contributed by atoms with van der Waals surface area (Å²) in [5.41, 5.74) is 0. The molecular weight excluding hydrogens is 278 g/mol. The van der Waals surface area contributed by atoms with Crippen LogP contribution in [0, 0.1) is 0 Å². The van der Waals surface area contributed by atoms with Gasteiger partial charge in [0.2, 0.25) is 0 Å². The molecule has 7 heteroatoms. The lowest BCUT2D eigenvalue weighted by Crippen LogP contribution is -2.40. The van der Waals surface area contributed by atoms with Crippen LogP contribution in [0.5, 0.6) is 0 Å². The van der Waals surface area contributed by atoms with Gasteiger partial charge >= 0.3 is 0 Å². The zero-order valence-corrected chi connectivity index (χ0v) is 12.4. The van der Waals surface area contributed by atoms with Gasteiger partial charge in [0.25, 0.3) is 0 Å². The number of anilines is 1. The van der Waals surface area contributed by atoms with Crippen molar-refractivity contribution in [3.8, 4) is 0 Å². The number of sulfone groups is 1. The SMILES string of the molecule is CS(=O)(=O)c1cccnc1N(CCO)CC1CCCN1. The van der Waals surface area contributed by atoms with Gasteiger partial charge in [-0.3, -0.25) is 0 Å². The van der Waals surface area contributed by atoms with E-state index < -0.39 is 9.84 Å². The summed E-state index contributed by atoms with van der Waals surface area (Å²) >= 11 is 0. The zero-order chi connectivity index (χ0) is 14.6. The molecule has 1 unspecified atom stereocenters. The van der Waals surface area contributed by atoms with E-state index in [1.807, 2.05) is 4.90 Å². The molecule has 20 heavy (non-hydrogen) atoms. The molecular formula is C13H21N3O3S. The normalized spacial score (nSPS) is 19.2. The summed E-state index contributed by atoms with van der Waals surface area (Å²) in [6.45, 7) is 1.98. The summed E-state index contributed by atoms with van der Waals surface area (Å²) in [5.74, 6) is 0.428. The van der Waals surface area contributed by atoms with Gasteiger partial charge in [-0.25, -0.2) is 13.4 Å². The van der Waals surface area contributed by atoms with Crippen molar-refractivity contribution in [1.29, 1.82) is 0 Å². The van der Waals surface area contributed by atoms with E-state index >= 15 is 0 Å². The number of aliphatic hydroxyl groups excluding tert-OH is 1. The molecule has 112 valence electrons. The zero-order valence-electron chi connectivity index (χ0n) is 11.6. The molecule has 2 N–H and O–H groups in total. The summed E-state index contributed by atoms with van der Waals surface area (Å²) in [6.07, 6.45) is 4.94. The molecule has 6 nitrogen and oxygen atoms in total. The first-order valence-corrected chi connectivity index (χ1v) is 8.66. The first-order chi connectivity index (χ1) is 9.52. The molecule has 2 rings (SSSR count). The molecule has 1 aromatic rings. The number of rotatable bonds is 6. The average molecular weight is 299 g/mol. The van der Waals surface area contributed by atoms with E-state index in [0.717, 1.165) is 19.4 Å². The molecule has 1 aromatic heterocycles.